The normalized spacial score (nSPS) is 19.5. The molecule has 0 radical (unpaired) electrons. The quantitative estimate of drug-likeness (QED) is 0.556. The Kier molecular flexibility index (Phi) is 4.50. The number of hydrogen-bond acceptors (Lipinski definition) is 2. The van der Waals surface area contributed by atoms with Crippen molar-refractivity contribution in [3.8, 4) is 5.75 Å². The minimum absolute atomic E-state index is 0.146. The zero-order valence-corrected chi connectivity index (χ0v) is 14.8. The lowest BCUT2D eigenvalue weighted by molar-refractivity contribution is 0.0208. The van der Waals surface area contributed by atoms with Gasteiger partial charge in [0, 0.05) is 16.6 Å². The molecular formula is C17H25BrO2. The van der Waals surface area contributed by atoms with Crippen molar-refractivity contribution in [1.29, 1.82) is 0 Å². The lowest BCUT2D eigenvalue weighted by atomic mass is 9.63. The molecule has 1 aliphatic rings. The van der Waals surface area contributed by atoms with Crippen LogP contribution in [0.3, 0.4) is 0 Å². The highest BCUT2D eigenvalue weighted by molar-refractivity contribution is 9.10. The van der Waals surface area contributed by atoms with E-state index in [-0.39, 0.29) is 10.8 Å². The smallest absolute Gasteiger partial charge is 0.189 e. The van der Waals surface area contributed by atoms with Crippen LogP contribution in [0, 0.1) is 0 Å². The number of fused-ring (bicyclic) bond motifs is 1. The van der Waals surface area contributed by atoms with E-state index < -0.39 is 0 Å². The topological polar surface area (TPSA) is 18.5 Å². The predicted octanol–water partition coefficient (Wildman–Crippen LogP) is 5.17. The first-order valence-electron chi connectivity index (χ1n) is 7.33. The monoisotopic (exact) mass is 340 g/mol. The Morgan fingerprint density at radius 1 is 1.10 bits per heavy atom. The van der Waals surface area contributed by atoms with Gasteiger partial charge in [-0.1, -0.05) is 43.6 Å². The molecule has 0 spiro atoms. The molecule has 20 heavy (non-hydrogen) atoms. The third-order valence-electron chi connectivity index (χ3n) is 4.35. The summed E-state index contributed by atoms with van der Waals surface area (Å²) in [5.41, 5.74) is 3.08. The Hall–Kier alpha value is -0.540. The first-order valence-corrected chi connectivity index (χ1v) is 8.12. The maximum Gasteiger partial charge on any atom is 0.189 e. The fourth-order valence-electron chi connectivity index (χ4n) is 3.00. The number of rotatable bonds is 4. The lowest BCUT2D eigenvalue weighted by Gasteiger charge is -2.42. The Balaban J connectivity index is 2.50. The van der Waals surface area contributed by atoms with Crippen molar-refractivity contribution < 1.29 is 9.47 Å². The summed E-state index contributed by atoms with van der Waals surface area (Å²) in [7, 11) is 0. The average Bonchev–Trinajstić information content (AvgIpc) is 2.35. The molecule has 0 aliphatic heterocycles. The van der Waals surface area contributed by atoms with Crippen molar-refractivity contribution >= 4 is 15.9 Å². The Bertz CT molecular complexity index is 492. The maximum absolute atomic E-state index is 5.90. The van der Waals surface area contributed by atoms with Gasteiger partial charge < -0.3 is 9.47 Å². The molecule has 0 saturated carbocycles. The van der Waals surface area contributed by atoms with Crippen LogP contribution < -0.4 is 4.74 Å². The second-order valence-electron chi connectivity index (χ2n) is 6.85. The molecule has 1 aliphatic carbocycles. The molecule has 0 heterocycles. The van der Waals surface area contributed by atoms with Crippen LogP contribution in [0.25, 0.3) is 0 Å². The zero-order chi connectivity index (χ0) is 15.0. The summed E-state index contributed by atoms with van der Waals surface area (Å²) in [6, 6.07) is 4.32. The first kappa shape index (κ1) is 15.8. The van der Waals surface area contributed by atoms with Gasteiger partial charge in [-0.2, -0.15) is 0 Å². The minimum Gasteiger partial charge on any atom is -0.467 e. The summed E-state index contributed by atoms with van der Waals surface area (Å²) < 4.78 is 12.3. The first-order chi connectivity index (χ1) is 9.28. The molecule has 0 aromatic heterocycles. The Labute approximate surface area is 131 Å². The van der Waals surface area contributed by atoms with Crippen molar-refractivity contribution in [3.63, 3.8) is 0 Å². The van der Waals surface area contributed by atoms with Crippen molar-refractivity contribution in [1.82, 2.24) is 0 Å². The third kappa shape index (κ3) is 3.04. The van der Waals surface area contributed by atoms with Gasteiger partial charge in [0.1, 0.15) is 5.75 Å². The Morgan fingerprint density at radius 2 is 1.75 bits per heavy atom. The molecule has 0 saturated heterocycles. The number of hydrogen-bond donors (Lipinski definition) is 0. The van der Waals surface area contributed by atoms with E-state index >= 15 is 0 Å². The van der Waals surface area contributed by atoms with E-state index in [4.69, 9.17) is 9.47 Å². The lowest BCUT2D eigenvalue weighted by Crippen LogP contribution is -2.34. The summed E-state index contributed by atoms with van der Waals surface area (Å²) in [5.74, 6) is 0.959. The maximum atomic E-state index is 5.90. The molecule has 2 rings (SSSR count). The van der Waals surface area contributed by atoms with Gasteiger partial charge in [-0.3, -0.25) is 0 Å². The van der Waals surface area contributed by atoms with Gasteiger partial charge in [-0.05, 0) is 48.3 Å². The minimum atomic E-state index is 0.146. The van der Waals surface area contributed by atoms with Crippen LogP contribution in [0.4, 0.5) is 0 Å². The molecule has 112 valence electrons. The average molecular weight is 341 g/mol. The van der Waals surface area contributed by atoms with E-state index in [0.717, 1.165) is 10.2 Å². The fraction of sp³-hybridized carbons (Fsp3) is 0.647. The highest BCUT2D eigenvalue weighted by atomic mass is 79.9. The molecule has 1 aromatic rings. The molecule has 0 amide bonds. The van der Waals surface area contributed by atoms with Crippen LogP contribution in [0.15, 0.2) is 16.6 Å². The van der Waals surface area contributed by atoms with E-state index in [1.165, 1.54) is 24.0 Å². The zero-order valence-electron chi connectivity index (χ0n) is 13.2. The van der Waals surface area contributed by atoms with Crippen LogP contribution in [0.1, 0.15) is 58.6 Å². The van der Waals surface area contributed by atoms with Crippen molar-refractivity contribution in [2.24, 2.45) is 0 Å². The van der Waals surface area contributed by atoms with Crippen molar-refractivity contribution in [3.05, 3.63) is 27.7 Å². The molecule has 0 bridgehead atoms. The molecule has 1 aromatic carbocycles. The highest BCUT2D eigenvalue weighted by Crippen LogP contribution is 2.50. The third-order valence-corrected chi connectivity index (χ3v) is 4.81. The summed E-state index contributed by atoms with van der Waals surface area (Å²) in [5, 5.41) is 0. The van der Waals surface area contributed by atoms with Gasteiger partial charge in [0.15, 0.2) is 6.79 Å². The number of halogens is 1. The standard InChI is InChI=1S/C17H25BrO2/c1-6-19-11-20-14-10-12(18)9-13-15(14)17(4,5)8-7-16(13,2)3/h9-10H,6-8,11H2,1-5H3. The van der Waals surface area contributed by atoms with Gasteiger partial charge in [0.05, 0.1) is 0 Å². The van der Waals surface area contributed by atoms with Crippen LogP contribution in [0.5, 0.6) is 5.75 Å². The second-order valence-corrected chi connectivity index (χ2v) is 7.76. The number of benzene rings is 1. The predicted molar refractivity (Wildman–Crippen MR) is 86.5 cm³/mol. The van der Waals surface area contributed by atoms with Gasteiger partial charge in [-0.15, -0.1) is 0 Å². The summed E-state index contributed by atoms with van der Waals surface area (Å²) in [6.45, 7) is 12.2. The fourth-order valence-corrected chi connectivity index (χ4v) is 3.44. The number of ether oxygens (including phenoxy) is 2. The second kappa shape index (κ2) is 5.69. The van der Waals surface area contributed by atoms with E-state index in [1.807, 2.05) is 6.92 Å². The molecule has 0 unspecified atom stereocenters. The van der Waals surface area contributed by atoms with E-state index in [2.05, 4.69) is 55.8 Å². The van der Waals surface area contributed by atoms with Gasteiger partial charge >= 0.3 is 0 Å². The van der Waals surface area contributed by atoms with E-state index in [1.54, 1.807) is 0 Å². The van der Waals surface area contributed by atoms with Crippen LogP contribution in [0.2, 0.25) is 0 Å². The SMILES string of the molecule is CCOCOc1cc(Br)cc2c1C(C)(C)CCC2(C)C. The summed E-state index contributed by atoms with van der Waals surface area (Å²) in [6.07, 6.45) is 2.38. The molecule has 2 nitrogen and oxygen atoms in total. The van der Waals surface area contributed by atoms with Crippen molar-refractivity contribution in [2.45, 2.75) is 58.3 Å². The van der Waals surface area contributed by atoms with Crippen molar-refractivity contribution in [2.75, 3.05) is 13.4 Å². The molecule has 3 heteroatoms. The van der Waals surface area contributed by atoms with Gasteiger partial charge in [0.2, 0.25) is 0 Å². The molecular weight excluding hydrogens is 316 g/mol. The van der Waals surface area contributed by atoms with Gasteiger partial charge in [0.25, 0.3) is 0 Å². The van der Waals surface area contributed by atoms with Gasteiger partial charge in [-0.25, -0.2) is 0 Å². The van der Waals surface area contributed by atoms with E-state index in [0.29, 0.717) is 13.4 Å². The van der Waals surface area contributed by atoms with Crippen LogP contribution in [-0.2, 0) is 15.6 Å². The largest absolute Gasteiger partial charge is 0.467 e. The molecule has 0 N–H and O–H groups in total. The molecule has 0 fully saturated rings. The van der Waals surface area contributed by atoms with Crippen LogP contribution >= 0.6 is 15.9 Å². The van der Waals surface area contributed by atoms with Crippen LogP contribution in [-0.4, -0.2) is 13.4 Å². The summed E-state index contributed by atoms with van der Waals surface area (Å²) >= 11 is 3.62. The molecule has 0 atom stereocenters. The highest BCUT2D eigenvalue weighted by Gasteiger charge is 2.39. The van der Waals surface area contributed by atoms with E-state index in [9.17, 15) is 0 Å². The Morgan fingerprint density at radius 3 is 2.40 bits per heavy atom. The summed E-state index contributed by atoms with van der Waals surface area (Å²) in [4.78, 5) is 0.